The molecule has 0 aliphatic rings. The normalized spacial score (nSPS) is 12.0. The van der Waals surface area contributed by atoms with Gasteiger partial charge in [0.25, 0.3) is 0 Å². The molecule has 0 spiro atoms. The molecule has 8 heteroatoms. The lowest BCUT2D eigenvalue weighted by Crippen LogP contribution is -2.38. The van der Waals surface area contributed by atoms with Crippen molar-refractivity contribution in [1.82, 2.24) is 10.6 Å². The highest BCUT2D eigenvalue weighted by Gasteiger charge is 2.26. The number of halogens is 3. The summed E-state index contributed by atoms with van der Waals surface area (Å²) in [7, 11) is 1.48. The number of guanidine groups is 1. The van der Waals surface area contributed by atoms with E-state index in [9.17, 15) is 18.0 Å². The van der Waals surface area contributed by atoms with E-state index in [0.717, 1.165) is 5.56 Å². The van der Waals surface area contributed by atoms with Crippen LogP contribution in [-0.4, -0.2) is 38.3 Å². The molecule has 1 aromatic rings. The van der Waals surface area contributed by atoms with E-state index in [1.165, 1.54) is 7.05 Å². The number of aliphatic imine (C=N–C) groups is 1. The standard InChI is InChI=1S/C15H20F3N3O2/c1-3-23-13(22)12-6-4-11(5-7-12)10-21-14(19-2)20-9-8-15(16,17)18/h4-7H,3,8-10H2,1-2H3,(H2,19,20,21). The largest absolute Gasteiger partial charge is 0.462 e. The Morgan fingerprint density at radius 1 is 1.22 bits per heavy atom. The maximum absolute atomic E-state index is 12.1. The molecule has 0 saturated heterocycles. The summed E-state index contributed by atoms with van der Waals surface area (Å²) in [6.45, 7) is 2.16. The van der Waals surface area contributed by atoms with Crippen molar-refractivity contribution in [1.29, 1.82) is 0 Å². The Morgan fingerprint density at radius 2 is 1.87 bits per heavy atom. The van der Waals surface area contributed by atoms with E-state index in [1.54, 1.807) is 31.2 Å². The predicted octanol–water partition coefficient (Wildman–Crippen LogP) is 2.48. The second-order valence-electron chi connectivity index (χ2n) is 4.64. The van der Waals surface area contributed by atoms with Crippen LogP contribution in [0.25, 0.3) is 0 Å². The number of rotatable bonds is 6. The number of hydrogen-bond acceptors (Lipinski definition) is 3. The number of alkyl halides is 3. The third kappa shape index (κ3) is 7.53. The van der Waals surface area contributed by atoms with Crippen LogP contribution in [0.15, 0.2) is 29.3 Å². The van der Waals surface area contributed by atoms with Crippen LogP contribution in [0.5, 0.6) is 0 Å². The molecule has 0 saturated carbocycles. The molecular formula is C15H20F3N3O2. The van der Waals surface area contributed by atoms with Crippen LogP contribution in [0.2, 0.25) is 0 Å². The van der Waals surface area contributed by atoms with Gasteiger partial charge in [0.15, 0.2) is 5.96 Å². The van der Waals surface area contributed by atoms with E-state index in [-0.39, 0.29) is 12.5 Å². The molecule has 0 atom stereocenters. The van der Waals surface area contributed by atoms with E-state index < -0.39 is 18.6 Å². The maximum atomic E-state index is 12.1. The lowest BCUT2D eigenvalue weighted by molar-refractivity contribution is -0.132. The van der Waals surface area contributed by atoms with Gasteiger partial charge in [-0.2, -0.15) is 13.2 Å². The Bertz CT molecular complexity index is 528. The van der Waals surface area contributed by atoms with Crippen LogP contribution in [0, 0.1) is 0 Å². The quantitative estimate of drug-likeness (QED) is 0.478. The molecule has 0 radical (unpaired) electrons. The van der Waals surface area contributed by atoms with Crippen LogP contribution in [0.4, 0.5) is 13.2 Å². The molecule has 0 aliphatic carbocycles. The van der Waals surface area contributed by atoms with Crippen LogP contribution >= 0.6 is 0 Å². The Hall–Kier alpha value is -2.25. The van der Waals surface area contributed by atoms with Crippen molar-refractivity contribution in [3.63, 3.8) is 0 Å². The van der Waals surface area contributed by atoms with Gasteiger partial charge in [-0.05, 0) is 24.6 Å². The van der Waals surface area contributed by atoms with Crippen molar-refractivity contribution < 1.29 is 22.7 Å². The first-order valence-electron chi connectivity index (χ1n) is 7.13. The number of hydrogen-bond donors (Lipinski definition) is 2. The molecular weight excluding hydrogens is 311 g/mol. The SMILES string of the molecule is CCOC(=O)c1ccc(CNC(=NC)NCCC(F)(F)F)cc1. The van der Waals surface area contributed by atoms with Gasteiger partial charge < -0.3 is 15.4 Å². The molecule has 128 valence electrons. The average molecular weight is 331 g/mol. The number of carbonyl (C=O) groups is 1. The number of nitrogens with one attached hydrogen (secondary N) is 2. The smallest absolute Gasteiger partial charge is 0.390 e. The summed E-state index contributed by atoms with van der Waals surface area (Å²) in [4.78, 5) is 15.4. The second kappa shape index (κ2) is 9.02. The van der Waals surface area contributed by atoms with Crippen LogP contribution in [0.3, 0.4) is 0 Å². The van der Waals surface area contributed by atoms with Crippen molar-refractivity contribution in [2.24, 2.45) is 4.99 Å². The first kappa shape index (κ1) is 18.8. The monoisotopic (exact) mass is 331 g/mol. The van der Waals surface area contributed by atoms with Crippen molar-refractivity contribution in [2.45, 2.75) is 26.1 Å². The van der Waals surface area contributed by atoms with Crippen molar-refractivity contribution >= 4 is 11.9 Å². The second-order valence-corrected chi connectivity index (χ2v) is 4.64. The zero-order valence-electron chi connectivity index (χ0n) is 13.0. The number of benzene rings is 1. The van der Waals surface area contributed by atoms with Crippen molar-refractivity contribution in [3.8, 4) is 0 Å². The minimum Gasteiger partial charge on any atom is -0.462 e. The number of esters is 1. The van der Waals surface area contributed by atoms with Gasteiger partial charge in [-0.25, -0.2) is 4.79 Å². The average Bonchev–Trinajstić information content (AvgIpc) is 2.50. The third-order valence-electron chi connectivity index (χ3n) is 2.85. The third-order valence-corrected chi connectivity index (χ3v) is 2.85. The van der Waals surface area contributed by atoms with Gasteiger partial charge in [-0.3, -0.25) is 4.99 Å². The summed E-state index contributed by atoms with van der Waals surface area (Å²) >= 11 is 0. The molecule has 2 N–H and O–H groups in total. The van der Waals surface area contributed by atoms with E-state index in [4.69, 9.17) is 4.74 Å². The fourth-order valence-corrected chi connectivity index (χ4v) is 1.70. The summed E-state index contributed by atoms with van der Waals surface area (Å²) in [5, 5.41) is 5.49. The first-order chi connectivity index (χ1) is 10.9. The van der Waals surface area contributed by atoms with Crippen molar-refractivity contribution in [3.05, 3.63) is 35.4 Å². The fourth-order valence-electron chi connectivity index (χ4n) is 1.70. The Kier molecular flexibility index (Phi) is 7.37. The van der Waals surface area contributed by atoms with Gasteiger partial charge in [-0.15, -0.1) is 0 Å². The minimum absolute atomic E-state index is 0.245. The van der Waals surface area contributed by atoms with Gasteiger partial charge in [0, 0.05) is 20.1 Å². The summed E-state index contributed by atoms with van der Waals surface area (Å²) in [5.41, 5.74) is 1.31. The summed E-state index contributed by atoms with van der Waals surface area (Å²) < 4.78 is 41.1. The predicted molar refractivity (Wildman–Crippen MR) is 81.3 cm³/mol. The number of carbonyl (C=O) groups excluding carboxylic acids is 1. The molecule has 1 aromatic carbocycles. The van der Waals surface area contributed by atoms with E-state index in [0.29, 0.717) is 18.7 Å². The zero-order chi connectivity index (χ0) is 17.3. The lowest BCUT2D eigenvalue weighted by atomic mass is 10.1. The van der Waals surface area contributed by atoms with Crippen molar-refractivity contribution in [2.75, 3.05) is 20.2 Å². The number of ether oxygens (including phenoxy) is 1. The summed E-state index contributed by atoms with van der Waals surface area (Å²) in [5.74, 6) is -0.111. The fraction of sp³-hybridized carbons (Fsp3) is 0.467. The molecule has 0 aliphatic heterocycles. The molecule has 1 rings (SSSR count). The molecule has 0 unspecified atom stereocenters. The molecule has 23 heavy (non-hydrogen) atoms. The molecule has 0 fully saturated rings. The van der Waals surface area contributed by atoms with Gasteiger partial charge in [0.1, 0.15) is 0 Å². The van der Waals surface area contributed by atoms with Crippen LogP contribution in [-0.2, 0) is 11.3 Å². The Morgan fingerprint density at radius 3 is 2.39 bits per heavy atom. The molecule has 0 aromatic heterocycles. The maximum Gasteiger partial charge on any atom is 0.390 e. The highest BCUT2D eigenvalue weighted by Crippen LogP contribution is 2.18. The summed E-state index contributed by atoms with van der Waals surface area (Å²) in [6, 6.07) is 6.74. The van der Waals surface area contributed by atoms with Crippen LogP contribution < -0.4 is 10.6 Å². The molecule has 5 nitrogen and oxygen atoms in total. The highest BCUT2D eigenvalue weighted by molar-refractivity contribution is 5.89. The topological polar surface area (TPSA) is 62.7 Å². The Labute approximate surface area is 132 Å². The highest BCUT2D eigenvalue weighted by atomic mass is 19.4. The van der Waals surface area contributed by atoms with Gasteiger partial charge in [0.05, 0.1) is 18.6 Å². The van der Waals surface area contributed by atoms with E-state index >= 15 is 0 Å². The van der Waals surface area contributed by atoms with Gasteiger partial charge >= 0.3 is 12.1 Å². The summed E-state index contributed by atoms with van der Waals surface area (Å²) in [6.07, 6.45) is -5.13. The first-order valence-corrected chi connectivity index (χ1v) is 7.13. The van der Waals surface area contributed by atoms with E-state index in [2.05, 4.69) is 15.6 Å². The van der Waals surface area contributed by atoms with E-state index in [1.807, 2.05) is 0 Å². The minimum atomic E-state index is -4.20. The molecule has 0 amide bonds. The van der Waals surface area contributed by atoms with Gasteiger partial charge in [0.2, 0.25) is 0 Å². The molecule has 0 heterocycles. The Balaban J connectivity index is 2.45. The molecule has 0 bridgehead atoms. The van der Waals surface area contributed by atoms with Crippen LogP contribution in [0.1, 0.15) is 29.3 Å². The van der Waals surface area contributed by atoms with Gasteiger partial charge in [-0.1, -0.05) is 12.1 Å². The lowest BCUT2D eigenvalue weighted by Gasteiger charge is -2.13. The number of nitrogens with zero attached hydrogens (tertiary/aromatic N) is 1. The zero-order valence-corrected chi connectivity index (χ0v) is 13.0.